The highest BCUT2D eigenvalue weighted by Crippen LogP contribution is 2.35. The van der Waals surface area contributed by atoms with Crippen molar-refractivity contribution in [2.75, 3.05) is 19.8 Å². The second kappa shape index (κ2) is 11.6. The average Bonchev–Trinajstić information content (AvgIpc) is 3.38. The number of fused-ring (bicyclic) bond motifs is 1. The van der Waals surface area contributed by atoms with Gasteiger partial charge in [-0.1, -0.05) is 25.7 Å². The summed E-state index contributed by atoms with van der Waals surface area (Å²) in [5, 5.41) is 0. The zero-order valence-electron chi connectivity index (χ0n) is 22.8. The lowest BCUT2D eigenvalue weighted by Crippen LogP contribution is -2.37. The average molecular weight is 516 g/mol. The minimum Gasteiger partial charge on any atom is -0.463 e. The maximum absolute atomic E-state index is 13.0. The smallest absolute Gasteiger partial charge is 0.410 e. The van der Waals surface area contributed by atoms with Crippen molar-refractivity contribution in [3.8, 4) is 0 Å². The maximum atomic E-state index is 13.0. The molecule has 1 atom stereocenters. The molecule has 0 spiro atoms. The molecular formula is C27H41N3O5Si. The highest BCUT2D eigenvalue weighted by Gasteiger charge is 2.36. The Morgan fingerprint density at radius 2 is 1.97 bits per heavy atom. The SMILES string of the molecule is CCOC(=O)C=Cc1ccc2c(c1)nc([C@@H]1CCCN1C(=O)OC(C)(C)C)n2COCC[Si](C)(C)C. The lowest BCUT2D eigenvalue weighted by atomic mass is 10.2. The zero-order valence-corrected chi connectivity index (χ0v) is 23.8. The van der Waals surface area contributed by atoms with Crippen LogP contribution in [0.5, 0.6) is 0 Å². The summed E-state index contributed by atoms with van der Waals surface area (Å²) in [4.78, 5) is 31.5. The molecule has 2 aromatic rings. The van der Waals surface area contributed by atoms with Gasteiger partial charge in [0.2, 0.25) is 0 Å². The van der Waals surface area contributed by atoms with Crippen LogP contribution in [0, 0.1) is 0 Å². The second-order valence-corrected chi connectivity index (χ2v) is 17.0. The summed E-state index contributed by atoms with van der Waals surface area (Å²) in [7, 11) is -1.22. The van der Waals surface area contributed by atoms with Crippen molar-refractivity contribution in [1.82, 2.24) is 14.5 Å². The molecule has 1 saturated heterocycles. The van der Waals surface area contributed by atoms with Gasteiger partial charge in [-0.15, -0.1) is 0 Å². The number of amides is 1. The van der Waals surface area contributed by atoms with E-state index in [1.807, 2.05) is 39.0 Å². The van der Waals surface area contributed by atoms with Gasteiger partial charge in [-0.2, -0.15) is 0 Å². The first-order valence-electron chi connectivity index (χ1n) is 12.8. The van der Waals surface area contributed by atoms with E-state index in [1.54, 1.807) is 17.9 Å². The molecule has 198 valence electrons. The van der Waals surface area contributed by atoms with Crippen LogP contribution >= 0.6 is 0 Å². The van der Waals surface area contributed by atoms with Gasteiger partial charge in [-0.25, -0.2) is 14.6 Å². The third-order valence-corrected chi connectivity index (χ3v) is 7.60. The predicted octanol–water partition coefficient (Wildman–Crippen LogP) is 6.00. The molecular weight excluding hydrogens is 474 g/mol. The summed E-state index contributed by atoms with van der Waals surface area (Å²) >= 11 is 0. The summed E-state index contributed by atoms with van der Waals surface area (Å²) in [6, 6.07) is 6.77. The number of aromatic nitrogens is 2. The van der Waals surface area contributed by atoms with Gasteiger partial charge in [0.25, 0.3) is 0 Å². The van der Waals surface area contributed by atoms with Gasteiger partial charge in [-0.3, -0.25) is 4.90 Å². The number of carbonyl (C=O) groups excluding carboxylic acids is 2. The molecule has 0 saturated carbocycles. The van der Waals surface area contributed by atoms with Crippen molar-refractivity contribution in [2.45, 2.75) is 84.6 Å². The van der Waals surface area contributed by atoms with Gasteiger partial charge >= 0.3 is 12.1 Å². The van der Waals surface area contributed by atoms with Crippen molar-refractivity contribution in [3.63, 3.8) is 0 Å². The van der Waals surface area contributed by atoms with Crippen molar-refractivity contribution >= 4 is 37.2 Å². The Kier molecular flexibility index (Phi) is 9.00. The van der Waals surface area contributed by atoms with E-state index in [2.05, 4.69) is 24.2 Å². The lowest BCUT2D eigenvalue weighted by molar-refractivity contribution is -0.137. The van der Waals surface area contributed by atoms with Crippen LogP contribution in [-0.2, 0) is 25.7 Å². The first-order valence-corrected chi connectivity index (χ1v) is 16.5. The van der Waals surface area contributed by atoms with Crippen molar-refractivity contribution in [2.24, 2.45) is 0 Å². The lowest BCUT2D eigenvalue weighted by Gasteiger charge is -2.28. The normalized spacial score (nSPS) is 16.8. The number of carbonyl (C=O) groups is 2. The van der Waals surface area contributed by atoms with Crippen molar-refractivity contribution < 1.29 is 23.8 Å². The van der Waals surface area contributed by atoms with Crippen LogP contribution in [-0.4, -0.2) is 59.9 Å². The Balaban J connectivity index is 1.93. The minimum atomic E-state index is -1.22. The standard InChI is InChI=1S/C27H41N3O5Si/c1-8-34-24(31)14-12-20-11-13-22-21(18-20)28-25(30(22)19-33-16-17-36(5,6)7)23-10-9-15-29(23)26(32)35-27(2,3)4/h11-14,18,23H,8-10,15-17,19H2,1-7H3/t23-/m0/s1. The highest BCUT2D eigenvalue weighted by atomic mass is 28.3. The fraction of sp³-hybridized carbons (Fsp3) is 0.593. The minimum absolute atomic E-state index is 0.189. The Bertz CT molecular complexity index is 1100. The molecule has 2 heterocycles. The molecule has 36 heavy (non-hydrogen) atoms. The van der Waals surface area contributed by atoms with E-state index < -0.39 is 13.7 Å². The molecule has 8 nitrogen and oxygen atoms in total. The van der Waals surface area contributed by atoms with E-state index in [9.17, 15) is 9.59 Å². The number of hydrogen-bond acceptors (Lipinski definition) is 6. The number of hydrogen-bond donors (Lipinski definition) is 0. The van der Waals surface area contributed by atoms with Crippen LogP contribution in [0.25, 0.3) is 17.1 Å². The molecule has 3 rings (SSSR count). The number of ether oxygens (including phenoxy) is 3. The van der Waals surface area contributed by atoms with Crippen LogP contribution < -0.4 is 0 Å². The second-order valence-electron chi connectivity index (χ2n) is 11.4. The molecule has 1 aliphatic heterocycles. The van der Waals surface area contributed by atoms with Gasteiger partial charge in [0.15, 0.2) is 0 Å². The molecule has 1 fully saturated rings. The molecule has 1 aromatic heterocycles. The monoisotopic (exact) mass is 515 g/mol. The van der Waals surface area contributed by atoms with Gasteiger partial charge in [0.1, 0.15) is 18.2 Å². The summed E-state index contributed by atoms with van der Waals surface area (Å²) < 4.78 is 18.9. The van der Waals surface area contributed by atoms with Crippen molar-refractivity contribution in [3.05, 3.63) is 35.7 Å². The van der Waals surface area contributed by atoms with Crippen LogP contribution in [0.3, 0.4) is 0 Å². The van der Waals surface area contributed by atoms with E-state index in [1.165, 1.54) is 6.08 Å². The summed E-state index contributed by atoms with van der Waals surface area (Å²) in [5.74, 6) is 0.423. The number of esters is 1. The fourth-order valence-electron chi connectivity index (χ4n) is 4.12. The number of imidazole rings is 1. The molecule has 0 aliphatic carbocycles. The Morgan fingerprint density at radius 3 is 2.64 bits per heavy atom. The van der Waals surface area contributed by atoms with E-state index in [4.69, 9.17) is 19.2 Å². The summed E-state index contributed by atoms with van der Waals surface area (Å²) in [6.07, 6.45) is 4.53. The van der Waals surface area contributed by atoms with Gasteiger partial charge < -0.3 is 18.8 Å². The largest absolute Gasteiger partial charge is 0.463 e. The van der Waals surface area contributed by atoms with Crippen LogP contribution in [0.2, 0.25) is 25.7 Å². The molecule has 0 unspecified atom stereocenters. The first kappa shape index (κ1) is 27.9. The Labute approximate surface area is 215 Å². The third kappa shape index (κ3) is 7.67. The third-order valence-electron chi connectivity index (χ3n) is 5.90. The zero-order chi connectivity index (χ0) is 26.5. The number of nitrogens with zero attached hydrogens (tertiary/aromatic N) is 3. The number of benzene rings is 1. The topological polar surface area (TPSA) is 82.9 Å². The van der Waals surface area contributed by atoms with Gasteiger partial charge in [-0.05, 0) is 70.4 Å². The van der Waals surface area contributed by atoms with Gasteiger partial charge in [0.05, 0.1) is 23.7 Å². The molecule has 0 radical (unpaired) electrons. The van der Waals surface area contributed by atoms with Crippen LogP contribution in [0.1, 0.15) is 58.0 Å². The van der Waals surface area contributed by atoms with E-state index >= 15 is 0 Å². The molecule has 1 aromatic carbocycles. The fourth-order valence-corrected chi connectivity index (χ4v) is 4.88. The van der Waals surface area contributed by atoms with E-state index in [0.29, 0.717) is 26.5 Å². The van der Waals surface area contributed by atoms with Gasteiger partial charge in [0, 0.05) is 27.3 Å². The molecule has 1 amide bonds. The highest BCUT2D eigenvalue weighted by molar-refractivity contribution is 6.76. The summed E-state index contributed by atoms with van der Waals surface area (Å²) in [6.45, 7) is 16.4. The molecule has 1 aliphatic rings. The van der Waals surface area contributed by atoms with Crippen molar-refractivity contribution in [1.29, 1.82) is 0 Å². The predicted molar refractivity (Wildman–Crippen MR) is 144 cm³/mol. The number of rotatable bonds is 9. The molecule has 0 N–H and O–H groups in total. The maximum Gasteiger partial charge on any atom is 0.410 e. The summed E-state index contributed by atoms with van der Waals surface area (Å²) in [5.41, 5.74) is 2.01. The Hall–Kier alpha value is -2.65. The molecule has 9 heteroatoms. The molecule has 0 bridgehead atoms. The quantitative estimate of drug-likeness (QED) is 0.176. The number of likely N-dealkylation sites (tertiary alicyclic amines) is 1. The van der Waals surface area contributed by atoms with E-state index in [0.717, 1.165) is 41.3 Å². The Morgan fingerprint density at radius 1 is 1.22 bits per heavy atom. The van der Waals surface area contributed by atoms with E-state index in [-0.39, 0.29) is 18.1 Å². The van der Waals surface area contributed by atoms with Crippen LogP contribution in [0.15, 0.2) is 24.3 Å². The van der Waals surface area contributed by atoms with Crippen LogP contribution in [0.4, 0.5) is 4.79 Å². The first-order chi connectivity index (χ1) is 16.9.